The Morgan fingerprint density at radius 3 is 0.554 bits per heavy atom. The third-order valence-electron chi connectivity index (χ3n) is 11.8. The van der Waals surface area contributed by atoms with E-state index < -0.39 is 11.9 Å². The molecule has 4 nitrogen and oxygen atoms in total. The lowest BCUT2D eigenvalue weighted by molar-refractivity contribution is -0.140. The topological polar surface area (TPSA) is 52.6 Å². The fourth-order valence-corrected chi connectivity index (χ4v) is 8.00. The van der Waals surface area contributed by atoms with E-state index in [1.54, 1.807) is 0 Å². The zero-order valence-corrected chi connectivity index (χ0v) is 38.3. The van der Waals surface area contributed by atoms with Crippen LogP contribution in [0.2, 0.25) is 0 Å². The van der Waals surface area contributed by atoms with Gasteiger partial charge in [-0.3, -0.25) is 0 Å². The normalized spacial score (nSPS) is 11.5. The molecule has 0 saturated heterocycles. The molecule has 0 aromatic carbocycles. The van der Waals surface area contributed by atoms with Gasteiger partial charge >= 0.3 is 11.9 Å². The van der Waals surface area contributed by atoms with Gasteiger partial charge in [-0.15, -0.1) is 0 Å². The number of ether oxygens (including phenoxy) is 2. The van der Waals surface area contributed by atoms with E-state index in [4.69, 9.17) is 9.47 Å². The van der Waals surface area contributed by atoms with Crippen LogP contribution in [0.5, 0.6) is 0 Å². The van der Waals surface area contributed by atoms with Crippen LogP contribution in [-0.2, 0) is 19.1 Å². The molecule has 4 heteroatoms. The Morgan fingerprint density at radius 2 is 0.393 bits per heavy atom. The van der Waals surface area contributed by atoms with Gasteiger partial charge in [0.15, 0.2) is 0 Å². The smallest absolute Gasteiger partial charge is 0.331 e. The van der Waals surface area contributed by atoms with Crippen molar-refractivity contribution in [2.45, 2.75) is 296 Å². The highest BCUT2D eigenvalue weighted by Gasteiger charge is 2.03. The van der Waals surface area contributed by atoms with Gasteiger partial charge in [0.2, 0.25) is 0 Å². The Balaban J connectivity index is 3.28. The van der Waals surface area contributed by atoms with E-state index in [2.05, 4.69) is 13.8 Å². The maximum absolute atomic E-state index is 11.9. The number of carbonyl (C=O) groups is 2. The summed E-state index contributed by atoms with van der Waals surface area (Å²) in [5.41, 5.74) is 0. The molecule has 56 heavy (non-hydrogen) atoms. The molecule has 0 aromatic rings. The first kappa shape index (κ1) is 54.7. The number of esters is 2. The molecule has 0 heterocycles. The Kier molecular flexibility index (Phi) is 48.7. The van der Waals surface area contributed by atoms with Crippen LogP contribution in [-0.4, -0.2) is 25.2 Å². The Morgan fingerprint density at radius 1 is 0.250 bits per heavy atom. The van der Waals surface area contributed by atoms with Crippen molar-refractivity contribution >= 4 is 11.9 Å². The average molecular weight is 789 g/mol. The maximum atomic E-state index is 11.9. The molecule has 0 radical (unpaired) electrons. The van der Waals surface area contributed by atoms with E-state index in [9.17, 15) is 9.59 Å². The van der Waals surface area contributed by atoms with E-state index in [1.807, 2.05) is 0 Å². The third kappa shape index (κ3) is 48.8. The van der Waals surface area contributed by atoms with Crippen molar-refractivity contribution in [3.8, 4) is 0 Å². The van der Waals surface area contributed by atoms with Crippen LogP contribution >= 0.6 is 0 Å². The first-order valence-electron chi connectivity index (χ1n) is 25.7. The molecular formula is C52H100O4. The van der Waals surface area contributed by atoms with Crippen molar-refractivity contribution in [3.05, 3.63) is 12.2 Å². The fourth-order valence-electron chi connectivity index (χ4n) is 8.00. The molecular weight excluding hydrogens is 689 g/mol. The SMILES string of the molecule is CCCCCCCCCCCCCCCCCCCCCCCCOC(=O)/C=C/C(=O)OCCCCCCCCCCCCCCCCCCCCCCCC. The molecule has 0 fully saturated rings. The van der Waals surface area contributed by atoms with E-state index in [-0.39, 0.29) is 0 Å². The maximum Gasteiger partial charge on any atom is 0.331 e. The molecule has 0 amide bonds. The van der Waals surface area contributed by atoms with E-state index in [1.165, 1.54) is 269 Å². The summed E-state index contributed by atoms with van der Waals surface area (Å²) >= 11 is 0. The summed E-state index contributed by atoms with van der Waals surface area (Å²) in [6, 6.07) is 0. The summed E-state index contributed by atoms with van der Waals surface area (Å²) in [5, 5.41) is 0. The van der Waals surface area contributed by atoms with Crippen LogP contribution in [0.4, 0.5) is 0 Å². The molecule has 0 bridgehead atoms. The summed E-state index contributed by atoms with van der Waals surface area (Å²) in [7, 11) is 0. The standard InChI is InChI=1S/C52H100O4/c1-3-5-7-9-11-13-15-17-19-21-23-25-27-29-31-33-35-37-39-41-43-45-49-55-51(53)47-48-52(54)56-50-46-44-42-40-38-36-34-32-30-28-26-24-22-20-18-16-14-12-10-8-6-4-2/h47-48H,3-46,49-50H2,1-2H3/b48-47+. The first-order valence-corrected chi connectivity index (χ1v) is 25.7. The Labute approximate surface area is 351 Å². The average Bonchev–Trinajstić information content (AvgIpc) is 3.20. The minimum absolute atomic E-state index is 0.427. The summed E-state index contributed by atoms with van der Waals surface area (Å²) < 4.78 is 10.5. The lowest BCUT2D eigenvalue weighted by Gasteiger charge is -2.05. The second-order valence-corrected chi connectivity index (χ2v) is 17.5. The lowest BCUT2D eigenvalue weighted by Crippen LogP contribution is -2.06. The van der Waals surface area contributed by atoms with Crippen molar-refractivity contribution < 1.29 is 19.1 Å². The number of carbonyl (C=O) groups excluding carboxylic acids is 2. The molecule has 0 atom stereocenters. The van der Waals surface area contributed by atoms with E-state index in [0.717, 1.165) is 25.7 Å². The van der Waals surface area contributed by atoms with Gasteiger partial charge in [0, 0.05) is 12.2 Å². The van der Waals surface area contributed by atoms with Crippen molar-refractivity contribution in [2.75, 3.05) is 13.2 Å². The van der Waals surface area contributed by atoms with Gasteiger partial charge in [0.1, 0.15) is 0 Å². The van der Waals surface area contributed by atoms with Crippen LogP contribution in [0.1, 0.15) is 296 Å². The van der Waals surface area contributed by atoms with Crippen LogP contribution in [0.25, 0.3) is 0 Å². The van der Waals surface area contributed by atoms with Crippen molar-refractivity contribution in [3.63, 3.8) is 0 Å². The molecule has 0 aliphatic heterocycles. The van der Waals surface area contributed by atoms with Crippen LogP contribution < -0.4 is 0 Å². The molecule has 0 aliphatic rings. The molecule has 0 rings (SSSR count). The second kappa shape index (κ2) is 49.8. The minimum atomic E-state index is -0.449. The summed E-state index contributed by atoms with van der Waals surface area (Å²) in [6.07, 6.45) is 62.4. The van der Waals surface area contributed by atoms with Gasteiger partial charge in [-0.25, -0.2) is 9.59 Å². The van der Waals surface area contributed by atoms with E-state index >= 15 is 0 Å². The van der Waals surface area contributed by atoms with Gasteiger partial charge in [-0.1, -0.05) is 284 Å². The van der Waals surface area contributed by atoms with Gasteiger partial charge in [0.25, 0.3) is 0 Å². The molecule has 0 unspecified atom stereocenters. The van der Waals surface area contributed by atoms with E-state index in [0.29, 0.717) is 13.2 Å². The highest BCUT2D eigenvalue weighted by Crippen LogP contribution is 2.17. The monoisotopic (exact) mass is 789 g/mol. The highest BCUT2D eigenvalue weighted by atomic mass is 16.5. The Bertz CT molecular complexity index is 728. The lowest BCUT2D eigenvalue weighted by atomic mass is 10.0. The fraction of sp³-hybridized carbons (Fsp3) is 0.923. The van der Waals surface area contributed by atoms with Crippen LogP contribution in [0, 0.1) is 0 Å². The van der Waals surface area contributed by atoms with Gasteiger partial charge < -0.3 is 9.47 Å². The summed E-state index contributed by atoms with van der Waals surface area (Å²) in [6.45, 7) is 5.44. The second-order valence-electron chi connectivity index (χ2n) is 17.5. The molecule has 0 N–H and O–H groups in total. The molecule has 0 saturated carbocycles. The van der Waals surface area contributed by atoms with Crippen LogP contribution in [0.15, 0.2) is 12.2 Å². The zero-order valence-electron chi connectivity index (χ0n) is 38.3. The van der Waals surface area contributed by atoms with Gasteiger partial charge in [0.05, 0.1) is 13.2 Å². The highest BCUT2D eigenvalue weighted by molar-refractivity contribution is 5.91. The zero-order chi connectivity index (χ0) is 40.5. The quantitative estimate of drug-likeness (QED) is 0.0350. The molecule has 0 spiro atoms. The van der Waals surface area contributed by atoms with Gasteiger partial charge in [-0.2, -0.15) is 0 Å². The first-order chi connectivity index (χ1) is 27.7. The number of hydrogen-bond donors (Lipinski definition) is 0. The molecule has 332 valence electrons. The number of rotatable bonds is 48. The van der Waals surface area contributed by atoms with Crippen molar-refractivity contribution in [1.82, 2.24) is 0 Å². The van der Waals surface area contributed by atoms with Crippen molar-refractivity contribution in [1.29, 1.82) is 0 Å². The largest absolute Gasteiger partial charge is 0.463 e. The predicted octanol–water partition coefficient (Wildman–Crippen LogP) is 17.8. The predicted molar refractivity (Wildman–Crippen MR) is 246 cm³/mol. The summed E-state index contributed by atoms with van der Waals surface area (Å²) in [5.74, 6) is -0.899. The Hall–Kier alpha value is -1.32. The minimum Gasteiger partial charge on any atom is -0.463 e. The molecule has 0 aliphatic carbocycles. The van der Waals surface area contributed by atoms with Crippen molar-refractivity contribution in [2.24, 2.45) is 0 Å². The number of unbranched alkanes of at least 4 members (excludes halogenated alkanes) is 42. The number of hydrogen-bond acceptors (Lipinski definition) is 4. The van der Waals surface area contributed by atoms with Crippen LogP contribution in [0.3, 0.4) is 0 Å². The van der Waals surface area contributed by atoms with Gasteiger partial charge in [-0.05, 0) is 12.8 Å². The third-order valence-corrected chi connectivity index (χ3v) is 11.8. The molecule has 0 aromatic heterocycles. The summed E-state index contributed by atoms with van der Waals surface area (Å²) in [4.78, 5) is 23.8.